The van der Waals surface area contributed by atoms with Crippen LogP contribution in [-0.4, -0.2) is 17.7 Å². The predicted molar refractivity (Wildman–Crippen MR) is 65.2 cm³/mol. The second-order valence-corrected chi connectivity index (χ2v) is 6.25. The van der Waals surface area contributed by atoms with Crippen LogP contribution in [0.2, 0.25) is 0 Å². The van der Waals surface area contributed by atoms with Gasteiger partial charge in [0.05, 0.1) is 11.7 Å². The quantitative estimate of drug-likeness (QED) is 0.795. The molecule has 3 rings (SSSR count). The fraction of sp³-hybridized carbons (Fsp3) is 1.00. The molecule has 2 unspecified atom stereocenters. The van der Waals surface area contributed by atoms with Gasteiger partial charge in [-0.25, -0.2) is 0 Å². The Morgan fingerprint density at radius 3 is 2.56 bits per heavy atom. The molecule has 1 saturated heterocycles. The molecule has 1 spiro atoms. The normalized spacial score (nSPS) is 34.7. The van der Waals surface area contributed by atoms with Crippen LogP contribution < -0.4 is 5.73 Å². The van der Waals surface area contributed by atoms with E-state index in [9.17, 15) is 0 Å². The van der Waals surface area contributed by atoms with E-state index in [-0.39, 0.29) is 0 Å². The highest BCUT2D eigenvalue weighted by Gasteiger charge is 2.42. The zero-order valence-corrected chi connectivity index (χ0v) is 10.3. The molecule has 2 atom stereocenters. The average molecular weight is 223 g/mol. The molecular formula is C14H25NO. The van der Waals surface area contributed by atoms with Crippen molar-refractivity contribution in [2.75, 3.05) is 0 Å². The Kier molecular flexibility index (Phi) is 2.97. The Morgan fingerprint density at radius 2 is 1.88 bits per heavy atom. The van der Waals surface area contributed by atoms with Crippen LogP contribution in [0.3, 0.4) is 0 Å². The molecular weight excluding hydrogens is 198 g/mol. The lowest BCUT2D eigenvalue weighted by molar-refractivity contribution is -0.0400. The van der Waals surface area contributed by atoms with Crippen molar-refractivity contribution >= 4 is 0 Å². The molecule has 2 heteroatoms. The Balaban J connectivity index is 1.43. The van der Waals surface area contributed by atoms with Crippen LogP contribution in [0.1, 0.15) is 64.2 Å². The van der Waals surface area contributed by atoms with Crippen LogP contribution >= 0.6 is 0 Å². The zero-order valence-electron chi connectivity index (χ0n) is 10.3. The van der Waals surface area contributed by atoms with E-state index in [1.54, 1.807) is 0 Å². The van der Waals surface area contributed by atoms with Gasteiger partial charge in [0.1, 0.15) is 0 Å². The number of hydrogen-bond acceptors (Lipinski definition) is 2. The number of rotatable bonds is 4. The van der Waals surface area contributed by atoms with E-state index in [1.807, 2.05) is 0 Å². The van der Waals surface area contributed by atoms with Gasteiger partial charge in [0.15, 0.2) is 0 Å². The minimum atomic E-state index is 0.314. The Morgan fingerprint density at radius 1 is 1.12 bits per heavy atom. The lowest BCUT2D eigenvalue weighted by Crippen LogP contribution is -2.27. The highest BCUT2D eigenvalue weighted by atomic mass is 16.5. The molecule has 2 nitrogen and oxygen atoms in total. The summed E-state index contributed by atoms with van der Waals surface area (Å²) in [6, 6.07) is 0.462. The highest BCUT2D eigenvalue weighted by Crippen LogP contribution is 2.44. The second kappa shape index (κ2) is 4.30. The van der Waals surface area contributed by atoms with Gasteiger partial charge in [-0.2, -0.15) is 0 Å². The summed E-state index contributed by atoms with van der Waals surface area (Å²) in [4.78, 5) is 0. The molecule has 2 saturated carbocycles. The molecule has 3 fully saturated rings. The van der Waals surface area contributed by atoms with Gasteiger partial charge in [-0.3, -0.25) is 0 Å². The van der Waals surface area contributed by atoms with Gasteiger partial charge in [0.2, 0.25) is 0 Å². The first-order valence-electron chi connectivity index (χ1n) is 7.21. The number of hydrogen-bond donors (Lipinski definition) is 1. The summed E-state index contributed by atoms with van der Waals surface area (Å²) in [6.07, 6.45) is 13.7. The van der Waals surface area contributed by atoms with E-state index in [4.69, 9.17) is 10.5 Å². The smallest absolute Gasteiger partial charge is 0.0687 e. The van der Waals surface area contributed by atoms with E-state index in [0.29, 0.717) is 17.7 Å². The molecule has 92 valence electrons. The van der Waals surface area contributed by atoms with Gasteiger partial charge in [-0.05, 0) is 57.3 Å². The third kappa shape index (κ3) is 2.28. The molecule has 0 aromatic rings. The molecule has 0 amide bonds. The van der Waals surface area contributed by atoms with Gasteiger partial charge in [-0.15, -0.1) is 0 Å². The maximum Gasteiger partial charge on any atom is 0.0687 e. The molecule has 2 aliphatic carbocycles. The molecule has 0 bridgehead atoms. The lowest BCUT2D eigenvalue weighted by atomic mass is 9.97. The first-order valence-corrected chi connectivity index (χ1v) is 7.21. The van der Waals surface area contributed by atoms with Crippen LogP contribution in [0.25, 0.3) is 0 Å². The zero-order chi connectivity index (χ0) is 11.0. The maximum atomic E-state index is 6.30. The maximum absolute atomic E-state index is 6.30. The average Bonchev–Trinajstić information content (AvgIpc) is 2.94. The topological polar surface area (TPSA) is 35.2 Å². The van der Waals surface area contributed by atoms with Crippen molar-refractivity contribution in [3.63, 3.8) is 0 Å². The molecule has 0 aromatic heterocycles. The van der Waals surface area contributed by atoms with Crippen molar-refractivity contribution in [3.8, 4) is 0 Å². The van der Waals surface area contributed by atoms with Gasteiger partial charge in [0.25, 0.3) is 0 Å². The molecule has 2 N–H and O–H groups in total. The number of ether oxygens (including phenoxy) is 1. The van der Waals surface area contributed by atoms with E-state index in [0.717, 1.165) is 5.92 Å². The summed E-state index contributed by atoms with van der Waals surface area (Å²) in [7, 11) is 0. The molecule has 1 aliphatic heterocycles. The largest absolute Gasteiger partial charge is 0.372 e. The summed E-state index contributed by atoms with van der Waals surface area (Å²) in [5.41, 5.74) is 6.46. The molecule has 0 aromatic carbocycles. The minimum Gasteiger partial charge on any atom is -0.372 e. The molecule has 1 heterocycles. The first-order chi connectivity index (χ1) is 7.77. The second-order valence-electron chi connectivity index (χ2n) is 6.25. The van der Waals surface area contributed by atoms with Crippen molar-refractivity contribution in [2.24, 2.45) is 11.7 Å². The highest BCUT2D eigenvalue weighted by molar-refractivity contribution is 4.93. The SMILES string of the molecule is NC(CCC1CCC2(CCCC2)O1)C1CC1. The van der Waals surface area contributed by atoms with Crippen molar-refractivity contribution in [1.29, 1.82) is 0 Å². The minimum absolute atomic E-state index is 0.314. The van der Waals surface area contributed by atoms with Gasteiger partial charge in [-0.1, -0.05) is 12.8 Å². The van der Waals surface area contributed by atoms with E-state index >= 15 is 0 Å². The summed E-state index contributed by atoms with van der Waals surface area (Å²) in [5.74, 6) is 0.849. The standard InChI is InChI=1S/C14H25NO/c15-13(11-3-4-11)6-5-12-7-10-14(16-12)8-1-2-9-14/h11-13H,1-10,15H2. The van der Waals surface area contributed by atoms with Gasteiger partial charge in [0, 0.05) is 6.04 Å². The molecule has 0 radical (unpaired) electrons. The monoisotopic (exact) mass is 223 g/mol. The van der Waals surface area contributed by atoms with Crippen LogP contribution in [0.4, 0.5) is 0 Å². The van der Waals surface area contributed by atoms with E-state index < -0.39 is 0 Å². The summed E-state index contributed by atoms with van der Waals surface area (Å²) >= 11 is 0. The van der Waals surface area contributed by atoms with E-state index in [2.05, 4.69) is 0 Å². The van der Waals surface area contributed by atoms with Gasteiger partial charge < -0.3 is 10.5 Å². The third-order valence-corrected chi connectivity index (χ3v) is 4.90. The lowest BCUT2D eigenvalue weighted by Gasteiger charge is -2.24. The molecule has 16 heavy (non-hydrogen) atoms. The van der Waals surface area contributed by atoms with Crippen molar-refractivity contribution in [2.45, 2.75) is 82.0 Å². The summed E-state index contributed by atoms with van der Waals surface area (Å²) in [6.45, 7) is 0. The predicted octanol–water partition coefficient (Wildman–Crippen LogP) is 3.00. The Labute approximate surface area is 98.9 Å². The Hall–Kier alpha value is -0.0800. The van der Waals surface area contributed by atoms with Crippen molar-refractivity contribution < 1.29 is 4.74 Å². The Bertz CT molecular complexity index is 243. The fourth-order valence-electron chi connectivity index (χ4n) is 3.62. The number of nitrogens with two attached hydrogens (primary N) is 1. The van der Waals surface area contributed by atoms with Crippen molar-refractivity contribution in [1.82, 2.24) is 0 Å². The van der Waals surface area contributed by atoms with Crippen LogP contribution in [0, 0.1) is 5.92 Å². The first kappa shape index (κ1) is 11.0. The third-order valence-electron chi connectivity index (χ3n) is 4.90. The van der Waals surface area contributed by atoms with Crippen molar-refractivity contribution in [3.05, 3.63) is 0 Å². The molecule has 3 aliphatic rings. The fourth-order valence-corrected chi connectivity index (χ4v) is 3.62. The summed E-state index contributed by atoms with van der Waals surface area (Å²) < 4.78 is 6.30. The van der Waals surface area contributed by atoms with Gasteiger partial charge >= 0.3 is 0 Å². The van der Waals surface area contributed by atoms with Crippen LogP contribution in [0.5, 0.6) is 0 Å². The van der Waals surface area contributed by atoms with E-state index in [1.165, 1.54) is 64.2 Å². The van der Waals surface area contributed by atoms with Crippen LogP contribution in [0.15, 0.2) is 0 Å². The summed E-state index contributed by atoms with van der Waals surface area (Å²) in [5, 5.41) is 0. The van der Waals surface area contributed by atoms with Crippen LogP contribution in [-0.2, 0) is 4.74 Å².